The molecule has 3 aliphatic rings. The van der Waals surface area contributed by atoms with Crippen LogP contribution in [0.1, 0.15) is 23.3 Å². The van der Waals surface area contributed by atoms with E-state index in [-0.39, 0.29) is 29.4 Å². The molecular weight excluding hydrogens is 234 g/mol. The lowest BCUT2D eigenvalue weighted by atomic mass is 9.88. The first-order chi connectivity index (χ1) is 8.65. The van der Waals surface area contributed by atoms with E-state index in [1.165, 1.54) is 6.20 Å². The number of aromatic amines is 2. The number of aliphatic hydroxyl groups is 1. The van der Waals surface area contributed by atoms with Gasteiger partial charge in [0.05, 0.1) is 12.1 Å². The molecule has 3 fully saturated rings. The number of H-pyrrole nitrogens is 2. The molecule has 0 spiro atoms. The van der Waals surface area contributed by atoms with Crippen LogP contribution in [0.2, 0.25) is 0 Å². The predicted octanol–water partition coefficient (Wildman–Crippen LogP) is -0.456. The second-order valence-corrected chi connectivity index (χ2v) is 5.75. The van der Waals surface area contributed by atoms with E-state index in [1.54, 1.807) is 4.90 Å². The molecule has 6 nitrogen and oxygen atoms in total. The van der Waals surface area contributed by atoms with Gasteiger partial charge in [-0.1, -0.05) is 0 Å². The lowest BCUT2D eigenvalue weighted by Gasteiger charge is -2.28. The fraction of sp³-hybridized carbons (Fsp3) is 0.667. The van der Waals surface area contributed by atoms with Gasteiger partial charge >= 0.3 is 5.69 Å². The van der Waals surface area contributed by atoms with Gasteiger partial charge in [0.2, 0.25) is 0 Å². The Bertz CT molecular complexity index is 561. The number of nitrogens with one attached hydrogen (secondary N) is 2. The third-order valence-electron chi connectivity index (χ3n) is 4.94. The van der Waals surface area contributed by atoms with Crippen molar-refractivity contribution in [2.75, 3.05) is 6.54 Å². The summed E-state index contributed by atoms with van der Waals surface area (Å²) in [6.07, 6.45) is 3.10. The van der Waals surface area contributed by atoms with Crippen molar-refractivity contribution in [3.63, 3.8) is 0 Å². The molecule has 0 radical (unpaired) electrons. The lowest BCUT2D eigenvalue weighted by molar-refractivity contribution is 0.0398. The molecule has 4 rings (SSSR count). The number of carbonyl (C=O) groups excluding carboxylic acids is 1. The van der Waals surface area contributed by atoms with Gasteiger partial charge in [-0.2, -0.15) is 0 Å². The van der Waals surface area contributed by atoms with Gasteiger partial charge in [-0.05, 0) is 30.6 Å². The summed E-state index contributed by atoms with van der Waals surface area (Å²) in [6.45, 7) is 0.717. The molecule has 2 saturated carbocycles. The minimum atomic E-state index is -0.386. The van der Waals surface area contributed by atoms with Crippen LogP contribution in [0.25, 0.3) is 0 Å². The monoisotopic (exact) mass is 249 g/mol. The van der Waals surface area contributed by atoms with E-state index in [4.69, 9.17) is 0 Å². The summed E-state index contributed by atoms with van der Waals surface area (Å²) >= 11 is 0. The fourth-order valence-corrected chi connectivity index (χ4v) is 4.25. The van der Waals surface area contributed by atoms with Crippen molar-refractivity contribution < 1.29 is 9.90 Å². The average molecular weight is 249 g/mol. The number of likely N-dealkylation sites (tertiary alicyclic amines) is 1. The minimum Gasteiger partial charge on any atom is -0.391 e. The third-order valence-corrected chi connectivity index (χ3v) is 4.94. The van der Waals surface area contributed by atoms with Gasteiger partial charge in [-0.25, -0.2) is 4.79 Å². The van der Waals surface area contributed by atoms with Gasteiger partial charge in [0.25, 0.3) is 5.91 Å². The molecule has 1 saturated heterocycles. The van der Waals surface area contributed by atoms with E-state index in [0.717, 1.165) is 19.4 Å². The molecule has 5 unspecified atom stereocenters. The van der Waals surface area contributed by atoms with Gasteiger partial charge in [-0.15, -0.1) is 0 Å². The van der Waals surface area contributed by atoms with Crippen molar-refractivity contribution in [3.05, 3.63) is 22.4 Å². The maximum Gasteiger partial charge on any atom is 0.323 e. The zero-order chi connectivity index (χ0) is 12.4. The molecule has 2 bridgehead atoms. The van der Waals surface area contributed by atoms with E-state index in [0.29, 0.717) is 17.8 Å². The maximum atomic E-state index is 12.3. The van der Waals surface area contributed by atoms with Crippen molar-refractivity contribution in [3.8, 4) is 0 Å². The maximum absolute atomic E-state index is 12.3. The van der Waals surface area contributed by atoms with E-state index >= 15 is 0 Å². The summed E-state index contributed by atoms with van der Waals surface area (Å²) in [6, 6.07) is -0.0420. The molecule has 0 aromatic carbocycles. The third kappa shape index (κ3) is 1.16. The molecule has 3 N–H and O–H groups in total. The molecule has 1 aromatic heterocycles. The van der Waals surface area contributed by atoms with E-state index in [1.807, 2.05) is 0 Å². The van der Waals surface area contributed by atoms with Crippen molar-refractivity contribution in [2.24, 2.45) is 17.8 Å². The zero-order valence-corrected chi connectivity index (χ0v) is 9.80. The molecule has 1 aliphatic heterocycles. The normalized spacial score (nSPS) is 40.7. The molecular formula is C12H15N3O3. The zero-order valence-electron chi connectivity index (χ0n) is 9.80. The van der Waals surface area contributed by atoms with Gasteiger partial charge in [0.1, 0.15) is 5.69 Å². The number of fused-ring (bicyclic) bond motifs is 1. The molecule has 6 heteroatoms. The second kappa shape index (κ2) is 3.26. The quantitative estimate of drug-likeness (QED) is 0.629. The summed E-state index contributed by atoms with van der Waals surface area (Å²) in [4.78, 5) is 30.1. The van der Waals surface area contributed by atoms with Crippen LogP contribution in [0.3, 0.4) is 0 Å². The topological polar surface area (TPSA) is 89.2 Å². The Kier molecular flexibility index (Phi) is 1.88. The Hall–Kier alpha value is -1.56. The molecule has 5 atom stereocenters. The Balaban J connectivity index is 1.67. The largest absolute Gasteiger partial charge is 0.391 e. The van der Waals surface area contributed by atoms with Crippen molar-refractivity contribution in [1.29, 1.82) is 0 Å². The van der Waals surface area contributed by atoms with Crippen LogP contribution in [0.5, 0.6) is 0 Å². The number of hydrogen-bond donors (Lipinski definition) is 3. The number of nitrogens with zero attached hydrogens (tertiary/aromatic N) is 1. The molecule has 2 heterocycles. The Labute approximate surface area is 103 Å². The Morgan fingerprint density at radius 3 is 2.89 bits per heavy atom. The van der Waals surface area contributed by atoms with Crippen LogP contribution in [-0.2, 0) is 0 Å². The highest BCUT2D eigenvalue weighted by atomic mass is 16.3. The summed E-state index contributed by atoms with van der Waals surface area (Å²) in [5, 5.41) is 10.2. The van der Waals surface area contributed by atoms with E-state index < -0.39 is 0 Å². The van der Waals surface area contributed by atoms with E-state index in [2.05, 4.69) is 9.97 Å². The number of amides is 1. The van der Waals surface area contributed by atoms with Crippen LogP contribution in [0.4, 0.5) is 0 Å². The number of carbonyl (C=O) groups is 1. The van der Waals surface area contributed by atoms with Gasteiger partial charge in [0, 0.05) is 12.7 Å². The van der Waals surface area contributed by atoms with Crippen LogP contribution in [0, 0.1) is 17.8 Å². The highest BCUT2D eigenvalue weighted by molar-refractivity contribution is 5.92. The van der Waals surface area contributed by atoms with Crippen molar-refractivity contribution in [2.45, 2.75) is 25.0 Å². The summed E-state index contributed by atoms with van der Waals surface area (Å²) in [7, 11) is 0. The van der Waals surface area contributed by atoms with Crippen molar-refractivity contribution in [1.82, 2.24) is 14.9 Å². The highest BCUT2D eigenvalue weighted by Crippen LogP contribution is 2.55. The number of rotatable bonds is 1. The summed E-state index contributed by atoms with van der Waals surface area (Å²) in [5.74, 6) is 1.19. The second-order valence-electron chi connectivity index (χ2n) is 5.75. The van der Waals surface area contributed by atoms with Gasteiger partial charge in [0.15, 0.2) is 0 Å². The van der Waals surface area contributed by atoms with Crippen LogP contribution in [0.15, 0.2) is 11.0 Å². The fourth-order valence-electron chi connectivity index (χ4n) is 4.25. The van der Waals surface area contributed by atoms with Crippen LogP contribution < -0.4 is 5.69 Å². The Morgan fingerprint density at radius 2 is 2.22 bits per heavy atom. The lowest BCUT2D eigenvalue weighted by Crippen LogP contribution is -2.44. The first-order valence-electron chi connectivity index (χ1n) is 6.42. The molecule has 1 aromatic rings. The van der Waals surface area contributed by atoms with Gasteiger partial charge < -0.3 is 20.0 Å². The SMILES string of the molecule is O=C(c1c[nH]c(=O)[nH]1)N1CC2CC3CC2C1C3O. The van der Waals surface area contributed by atoms with Gasteiger partial charge in [-0.3, -0.25) is 4.79 Å². The molecule has 1 amide bonds. The first kappa shape index (κ1) is 10.4. The summed E-state index contributed by atoms with van der Waals surface area (Å²) < 4.78 is 0. The van der Waals surface area contributed by atoms with Crippen molar-refractivity contribution >= 4 is 5.91 Å². The predicted molar refractivity (Wildman–Crippen MR) is 61.9 cm³/mol. The first-order valence-corrected chi connectivity index (χ1v) is 6.42. The Morgan fingerprint density at radius 1 is 1.39 bits per heavy atom. The number of aliphatic hydroxyl groups excluding tert-OH is 1. The van der Waals surface area contributed by atoms with E-state index in [9.17, 15) is 14.7 Å². The highest BCUT2D eigenvalue weighted by Gasteiger charge is 2.60. The summed E-state index contributed by atoms with van der Waals surface area (Å²) in [5.41, 5.74) is -0.0812. The number of hydrogen-bond acceptors (Lipinski definition) is 3. The minimum absolute atomic E-state index is 0.0420. The smallest absolute Gasteiger partial charge is 0.323 e. The number of aromatic nitrogens is 2. The molecule has 18 heavy (non-hydrogen) atoms. The molecule has 96 valence electrons. The van der Waals surface area contributed by atoms with Crippen LogP contribution in [-0.4, -0.2) is 44.6 Å². The standard InChI is InChI=1S/C12H15N3O3/c16-10-5-1-6-4-15(9(10)7(6)2-5)11(17)8-3-13-12(18)14-8/h3,5-7,9-10,16H,1-2,4H2,(H2,13,14,18). The average Bonchev–Trinajstić information content (AvgIpc) is 3.01. The molecule has 2 aliphatic carbocycles. The van der Waals surface area contributed by atoms with Crippen LogP contribution >= 0.6 is 0 Å². The number of imidazole rings is 1.